The molecule has 0 fully saturated rings. The summed E-state index contributed by atoms with van der Waals surface area (Å²) in [6.07, 6.45) is 15.2. The molecule has 120 valence electrons. The van der Waals surface area contributed by atoms with Crippen LogP contribution >= 0.6 is 0 Å². The van der Waals surface area contributed by atoms with Gasteiger partial charge in [-0.3, -0.25) is 0 Å². The fourth-order valence-corrected chi connectivity index (χ4v) is 4.25. The van der Waals surface area contributed by atoms with Gasteiger partial charge < -0.3 is 9.45 Å². The van der Waals surface area contributed by atoms with Crippen LogP contribution in [0.25, 0.3) is 0 Å². The molecule has 2 rings (SSSR count). The summed E-state index contributed by atoms with van der Waals surface area (Å²) in [5.74, 6) is 0. The number of fused-ring (bicyclic) bond motifs is 2. The Bertz CT molecular complexity index is 515. The number of nitrogens with zero attached hydrogens (tertiary/aromatic N) is 1. The maximum Gasteiger partial charge on any atom is 1.00 e. The van der Waals surface area contributed by atoms with Crippen molar-refractivity contribution in [2.75, 3.05) is 6.54 Å². The van der Waals surface area contributed by atoms with E-state index in [9.17, 15) is 13.0 Å². The molecule has 0 aromatic heterocycles. The summed E-state index contributed by atoms with van der Waals surface area (Å²) in [7, 11) is -4.34. The molecule has 2 heterocycles. The molecule has 0 saturated carbocycles. The molecule has 2 bridgehead atoms. The minimum atomic E-state index is -4.34. The molecular formula is C16H26NNaO3S. The summed E-state index contributed by atoms with van der Waals surface area (Å²) in [5.41, 5.74) is 0.900. The first kappa shape index (κ1) is 20.2. The second-order valence-electron chi connectivity index (χ2n) is 6.09. The van der Waals surface area contributed by atoms with E-state index in [1.54, 1.807) is 17.1 Å². The van der Waals surface area contributed by atoms with E-state index in [1.165, 1.54) is 38.5 Å². The number of unbranched alkanes of at least 4 members (excludes halogenated alkanes) is 7. The summed E-state index contributed by atoms with van der Waals surface area (Å²) in [4.78, 5) is 0.468. The zero-order chi connectivity index (χ0) is 15.3. The third-order valence-corrected chi connectivity index (χ3v) is 5.94. The van der Waals surface area contributed by atoms with Crippen LogP contribution in [0.1, 0.15) is 64.7 Å². The molecule has 0 amide bonds. The van der Waals surface area contributed by atoms with Crippen LogP contribution in [0.3, 0.4) is 0 Å². The summed E-state index contributed by atoms with van der Waals surface area (Å²) in [6, 6.07) is 0. The van der Waals surface area contributed by atoms with Crippen LogP contribution in [0.2, 0.25) is 0 Å². The van der Waals surface area contributed by atoms with E-state index in [0.29, 0.717) is 13.0 Å². The Morgan fingerprint density at radius 1 is 1.14 bits per heavy atom. The van der Waals surface area contributed by atoms with Crippen molar-refractivity contribution in [1.29, 1.82) is 0 Å². The second-order valence-corrected chi connectivity index (χ2v) is 7.71. The van der Waals surface area contributed by atoms with E-state index in [4.69, 9.17) is 0 Å². The maximum atomic E-state index is 11.6. The van der Waals surface area contributed by atoms with Crippen LogP contribution < -0.4 is 29.6 Å². The monoisotopic (exact) mass is 335 g/mol. The van der Waals surface area contributed by atoms with Crippen molar-refractivity contribution in [2.45, 2.75) is 69.6 Å². The predicted molar refractivity (Wildman–Crippen MR) is 83.6 cm³/mol. The largest absolute Gasteiger partial charge is 1.00 e. The number of hydrogen-bond donors (Lipinski definition) is 0. The Kier molecular flexibility index (Phi) is 8.17. The molecular weight excluding hydrogens is 309 g/mol. The summed E-state index contributed by atoms with van der Waals surface area (Å²) in [6.45, 7) is 2.88. The van der Waals surface area contributed by atoms with Gasteiger partial charge in [-0.25, -0.2) is 8.42 Å². The Morgan fingerprint density at radius 3 is 2.23 bits per heavy atom. The summed E-state index contributed by atoms with van der Waals surface area (Å²) in [5, 5.41) is 0. The molecule has 0 aromatic carbocycles. The van der Waals surface area contributed by atoms with Gasteiger partial charge >= 0.3 is 29.6 Å². The van der Waals surface area contributed by atoms with Gasteiger partial charge in [-0.2, -0.15) is 0 Å². The number of hydrogen-bond acceptors (Lipinski definition) is 4. The van der Waals surface area contributed by atoms with Crippen molar-refractivity contribution in [3.8, 4) is 0 Å². The van der Waals surface area contributed by atoms with E-state index >= 15 is 0 Å². The minimum absolute atomic E-state index is 0. The van der Waals surface area contributed by atoms with Gasteiger partial charge in [-0.05, 0) is 18.6 Å². The van der Waals surface area contributed by atoms with E-state index in [0.717, 1.165) is 18.5 Å². The molecule has 6 heteroatoms. The molecule has 22 heavy (non-hydrogen) atoms. The minimum Gasteiger partial charge on any atom is -0.746 e. The van der Waals surface area contributed by atoms with Crippen molar-refractivity contribution in [3.05, 3.63) is 23.9 Å². The Labute approximate surface area is 157 Å². The van der Waals surface area contributed by atoms with Gasteiger partial charge in [0.2, 0.25) is 0 Å². The first-order chi connectivity index (χ1) is 10.0. The van der Waals surface area contributed by atoms with Crippen LogP contribution in [-0.4, -0.2) is 29.3 Å². The first-order valence-corrected chi connectivity index (χ1v) is 9.54. The first-order valence-electron chi connectivity index (χ1n) is 8.14. The maximum absolute atomic E-state index is 11.6. The van der Waals surface area contributed by atoms with Crippen LogP contribution in [0.5, 0.6) is 0 Å². The Morgan fingerprint density at radius 2 is 1.73 bits per heavy atom. The predicted octanol–water partition coefficient (Wildman–Crippen LogP) is 0.532. The van der Waals surface area contributed by atoms with Gasteiger partial charge in [-0.15, -0.1) is 0 Å². The topological polar surface area (TPSA) is 60.4 Å². The molecule has 2 aliphatic heterocycles. The van der Waals surface area contributed by atoms with Crippen LogP contribution in [-0.2, 0) is 10.1 Å². The van der Waals surface area contributed by atoms with E-state index in [2.05, 4.69) is 6.92 Å². The van der Waals surface area contributed by atoms with E-state index < -0.39 is 15.0 Å². The SMILES string of the molecule is CCCCCCCCCCN1C2=CCC1(S(=O)(=O)[O-])C=C2.[Na+]. The molecule has 0 aliphatic carbocycles. The zero-order valence-electron chi connectivity index (χ0n) is 13.9. The average Bonchev–Trinajstić information content (AvgIpc) is 2.98. The third kappa shape index (κ3) is 4.38. The quantitative estimate of drug-likeness (QED) is 0.332. The molecule has 0 spiro atoms. The zero-order valence-corrected chi connectivity index (χ0v) is 16.7. The van der Waals surface area contributed by atoms with Crippen molar-refractivity contribution in [2.24, 2.45) is 0 Å². The van der Waals surface area contributed by atoms with Crippen molar-refractivity contribution in [1.82, 2.24) is 4.90 Å². The van der Waals surface area contributed by atoms with Gasteiger partial charge in [0.15, 0.2) is 4.87 Å². The van der Waals surface area contributed by atoms with Crippen molar-refractivity contribution >= 4 is 10.1 Å². The van der Waals surface area contributed by atoms with Crippen molar-refractivity contribution < 1.29 is 42.5 Å². The van der Waals surface area contributed by atoms with Crippen LogP contribution in [0.4, 0.5) is 0 Å². The molecule has 1 unspecified atom stereocenters. The van der Waals surface area contributed by atoms with Crippen LogP contribution in [0.15, 0.2) is 23.9 Å². The molecule has 1 atom stereocenters. The Hall–Kier alpha value is 0.190. The normalized spacial score (nSPS) is 22.8. The van der Waals surface area contributed by atoms with Gasteiger partial charge in [-0.1, -0.05) is 57.9 Å². The summed E-state index contributed by atoms with van der Waals surface area (Å²) >= 11 is 0. The van der Waals surface area contributed by atoms with Gasteiger partial charge in [0, 0.05) is 18.7 Å². The molecule has 2 aliphatic rings. The fourth-order valence-electron chi connectivity index (χ4n) is 3.26. The molecule has 0 N–H and O–H groups in total. The van der Waals surface area contributed by atoms with E-state index in [1.807, 2.05) is 6.08 Å². The van der Waals surface area contributed by atoms with Gasteiger partial charge in [0.1, 0.15) is 10.1 Å². The smallest absolute Gasteiger partial charge is 0.746 e. The second kappa shape index (κ2) is 8.88. The molecule has 4 nitrogen and oxygen atoms in total. The number of rotatable bonds is 10. The summed E-state index contributed by atoms with van der Waals surface area (Å²) < 4.78 is 34.7. The van der Waals surface area contributed by atoms with Crippen molar-refractivity contribution in [3.63, 3.8) is 0 Å². The van der Waals surface area contributed by atoms with Crippen LogP contribution in [0, 0.1) is 0 Å². The van der Waals surface area contributed by atoms with Gasteiger partial charge in [0.05, 0.1) is 0 Å². The standard InChI is InChI=1S/C16H27NO3S.Na/c1-2-3-4-5-6-7-8-9-14-17-15-10-12-16(17,13-11-15)21(18,19)20;/h10-12H,2-9,13-14H2,1H3,(H,18,19,20);/q;+1/p-1. The third-order valence-electron chi connectivity index (χ3n) is 4.55. The average molecular weight is 335 g/mol. The van der Waals surface area contributed by atoms with Gasteiger partial charge in [0.25, 0.3) is 0 Å². The fraction of sp³-hybridized carbons (Fsp3) is 0.750. The number of allylic oxidation sites excluding steroid dienone is 1. The molecule has 0 radical (unpaired) electrons. The molecule has 0 aromatic rings. The molecule has 0 saturated heterocycles. The Balaban J connectivity index is 0.00000242. The van der Waals surface area contributed by atoms with E-state index in [-0.39, 0.29) is 29.6 Å².